The molecule has 0 saturated heterocycles. The van der Waals surface area contributed by atoms with Gasteiger partial charge in [0.05, 0.1) is 21.4 Å². The molecule has 8 heteroatoms. The van der Waals surface area contributed by atoms with Gasteiger partial charge in [0, 0.05) is 11.6 Å². The zero-order chi connectivity index (χ0) is 19.4. The quantitative estimate of drug-likeness (QED) is 0.611. The number of fused-ring (bicyclic) bond motifs is 1. The smallest absolute Gasteiger partial charge is 0.375 e. The van der Waals surface area contributed by atoms with Gasteiger partial charge < -0.3 is 13.9 Å². The fraction of sp³-hybridized carbons (Fsp3) is 0.211. The molecule has 140 valence electrons. The van der Waals surface area contributed by atoms with Crippen LogP contribution < -0.4 is 4.74 Å². The number of carbonyl (C=O) groups is 1. The standard InChI is InChI=1S/C19H16O6S2/c1-19(2)15(11-4-6-12(7-5-11)27(3,21)22)17(18(20)25-19)24-13-10-26-14-8-9-23-16(13)14/h4-10H,1-3H3. The van der Waals surface area contributed by atoms with E-state index in [1.165, 1.54) is 23.5 Å². The van der Waals surface area contributed by atoms with Gasteiger partial charge in [-0.05, 0) is 37.6 Å². The number of hydrogen-bond donors (Lipinski definition) is 0. The van der Waals surface area contributed by atoms with Crippen molar-refractivity contribution >= 4 is 43.0 Å². The molecule has 0 amide bonds. The molecule has 3 heterocycles. The summed E-state index contributed by atoms with van der Waals surface area (Å²) in [6.07, 6.45) is 2.71. The summed E-state index contributed by atoms with van der Waals surface area (Å²) in [4.78, 5) is 12.7. The Balaban J connectivity index is 1.82. The van der Waals surface area contributed by atoms with Gasteiger partial charge >= 0.3 is 5.97 Å². The number of furan rings is 1. The Labute approximate surface area is 159 Å². The normalized spacial score (nSPS) is 16.8. The summed E-state index contributed by atoms with van der Waals surface area (Å²) in [6, 6.07) is 8.12. The molecule has 4 rings (SSSR count). The molecule has 1 aliphatic rings. The maximum absolute atomic E-state index is 12.5. The molecule has 1 aliphatic heterocycles. The van der Waals surface area contributed by atoms with Crippen LogP contribution in [0.4, 0.5) is 0 Å². The summed E-state index contributed by atoms with van der Waals surface area (Å²) in [6.45, 7) is 3.52. The van der Waals surface area contributed by atoms with Crippen LogP contribution in [0.3, 0.4) is 0 Å². The molecule has 27 heavy (non-hydrogen) atoms. The molecular formula is C19H16O6S2. The number of thiophene rings is 1. The molecule has 0 aliphatic carbocycles. The molecule has 6 nitrogen and oxygen atoms in total. The van der Waals surface area contributed by atoms with E-state index in [1.54, 1.807) is 37.6 Å². The first-order valence-corrected chi connectivity index (χ1v) is 10.8. The summed E-state index contributed by atoms with van der Waals surface area (Å²) in [7, 11) is -3.31. The Morgan fingerprint density at radius 2 is 1.81 bits per heavy atom. The SMILES string of the molecule is CC1(C)OC(=O)C(Oc2csc3ccoc23)=C1c1ccc(S(C)(=O)=O)cc1. The lowest BCUT2D eigenvalue weighted by Crippen LogP contribution is -2.22. The molecule has 0 spiro atoms. The van der Waals surface area contributed by atoms with Crippen LogP contribution in [-0.4, -0.2) is 26.2 Å². The average molecular weight is 404 g/mol. The molecule has 0 N–H and O–H groups in total. The number of ether oxygens (including phenoxy) is 2. The van der Waals surface area contributed by atoms with Gasteiger partial charge in [0.1, 0.15) is 5.60 Å². The fourth-order valence-corrected chi connectivity index (χ4v) is 4.48. The number of rotatable bonds is 4. The first-order valence-electron chi connectivity index (χ1n) is 8.08. The Kier molecular flexibility index (Phi) is 3.94. The van der Waals surface area contributed by atoms with Crippen molar-refractivity contribution in [2.45, 2.75) is 24.3 Å². The highest BCUT2D eigenvalue weighted by molar-refractivity contribution is 7.90. The van der Waals surface area contributed by atoms with E-state index in [0.29, 0.717) is 22.5 Å². The molecule has 0 saturated carbocycles. The third-order valence-electron chi connectivity index (χ3n) is 4.29. The van der Waals surface area contributed by atoms with E-state index in [-0.39, 0.29) is 10.7 Å². The molecule has 2 aromatic heterocycles. The van der Waals surface area contributed by atoms with Crippen molar-refractivity contribution in [3.05, 3.63) is 53.3 Å². The Bertz CT molecular complexity index is 1180. The van der Waals surface area contributed by atoms with Crippen molar-refractivity contribution in [3.63, 3.8) is 0 Å². The maximum atomic E-state index is 12.5. The van der Waals surface area contributed by atoms with E-state index in [9.17, 15) is 13.2 Å². The van der Waals surface area contributed by atoms with Crippen molar-refractivity contribution in [3.8, 4) is 5.75 Å². The van der Waals surface area contributed by atoms with Crippen molar-refractivity contribution < 1.29 is 27.1 Å². The minimum atomic E-state index is -3.31. The number of benzene rings is 1. The van der Waals surface area contributed by atoms with E-state index in [2.05, 4.69) is 0 Å². The van der Waals surface area contributed by atoms with Crippen LogP contribution in [0.15, 0.2) is 57.0 Å². The highest BCUT2D eigenvalue weighted by Crippen LogP contribution is 2.42. The van der Waals surface area contributed by atoms with Crippen LogP contribution >= 0.6 is 11.3 Å². The van der Waals surface area contributed by atoms with E-state index >= 15 is 0 Å². The van der Waals surface area contributed by atoms with Gasteiger partial charge in [0.2, 0.25) is 5.76 Å². The van der Waals surface area contributed by atoms with Crippen molar-refractivity contribution in [2.75, 3.05) is 6.26 Å². The van der Waals surface area contributed by atoms with Crippen molar-refractivity contribution in [2.24, 2.45) is 0 Å². The third-order valence-corrected chi connectivity index (χ3v) is 6.33. The van der Waals surface area contributed by atoms with Crippen LogP contribution in [0.25, 0.3) is 15.9 Å². The second-order valence-electron chi connectivity index (χ2n) is 6.72. The number of carbonyl (C=O) groups excluding carboxylic acids is 1. The summed E-state index contributed by atoms with van der Waals surface area (Å²) >= 11 is 1.45. The summed E-state index contributed by atoms with van der Waals surface area (Å²) < 4.78 is 41.1. The molecule has 0 fully saturated rings. The van der Waals surface area contributed by atoms with Gasteiger partial charge in [-0.15, -0.1) is 11.3 Å². The van der Waals surface area contributed by atoms with Crippen molar-refractivity contribution in [1.82, 2.24) is 0 Å². The maximum Gasteiger partial charge on any atom is 0.375 e. The van der Waals surface area contributed by atoms with Gasteiger partial charge in [-0.3, -0.25) is 0 Å². The topological polar surface area (TPSA) is 82.8 Å². The fourth-order valence-electron chi connectivity index (χ4n) is 3.07. The van der Waals surface area contributed by atoms with Gasteiger partial charge in [-0.2, -0.15) is 0 Å². The first-order chi connectivity index (χ1) is 12.7. The largest absolute Gasteiger partial charge is 0.459 e. The zero-order valence-electron chi connectivity index (χ0n) is 14.8. The van der Waals surface area contributed by atoms with Gasteiger partial charge in [-0.25, -0.2) is 13.2 Å². The molecule has 0 unspecified atom stereocenters. The molecule has 0 bridgehead atoms. The molecule has 1 aromatic carbocycles. The van der Waals surface area contributed by atoms with Crippen LogP contribution in [0.1, 0.15) is 19.4 Å². The highest BCUT2D eigenvalue weighted by atomic mass is 32.2. The second-order valence-corrected chi connectivity index (χ2v) is 9.64. The lowest BCUT2D eigenvalue weighted by Gasteiger charge is -2.21. The lowest BCUT2D eigenvalue weighted by atomic mass is 9.92. The predicted molar refractivity (Wildman–Crippen MR) is 101 cm³/mol. The number of hydrogen-bond acceptors (Lipinski definition) is 7. The van der Waals surface area contributed by atoms with Crippen molar-refractivity contribution in [1.29, 1.82) is 0 Å². The predicted octanol–water partition coefficient (Wildman–Crippen LogP) is 4.02. The Hall–Kier alpha value is -2.58. The first kappa shape index (κ1) is 17.8. The number of sulfone groups is 1. The summed E-state index contributed by atoms with van der Waals surface area (Å²) in [5.74, 6) is -0.0637. The third kappa shape index (κ3) is 3.04. The Morgan fingerprint density at radius 1 is 1.11 bits per heavy atom. The van der Waals surface area contributed by atoms with E-state index in [0.717, 1.165) is 11.0 Å². The summed E-state index contributed by atoms with van der Waals surface area (Å²) in [5.41, 5.74) is 0.853. The van der Waals surface area contributed by atoms with Crippen LogP contribution in [0.2, 0.25) is 0 Å². The number of esters is 1. The Morgan fingerprint density at radius 3 is 2.48 bits per heavy atom. The highest BCUT2D eigenvalue weighted by Gasteiger charge is 2.43. The molecular weight excluding hydrogens is 388 g/mol. The average Bonchev–Trinajstić information content (AvgIpc) is 3.22. The zero-order valence-corrected chi connectivity index (χ0v) is 16.4. The van der Waals surface area contributed by atoms with Gasteiger partial charge in [0.25, 0.3) is 0 Å². The van der Waals surface area contributed by atoms with Crippen LogP contribution in [0, 0.1) is 0 Å². The minimum absolute atomic E-state index is 0.0724. The van der Waals surface area contributed by atoms with E-state index < -0.39 is 21.4 Å². The monoisotopic (exact) mass is 404 g/mol. The van der Waals surface area contributed by atoms with Crippen LogP contribution in [-0.2, 0) is 19.4 Å². The van der Waals surface area contributed by atoms with Gasteiger partial charge in [0.15, 0.2) is 21.2 Å². The van der Waals surface area contributed by atoms with E-state index in [1.807, 2.05) is 6.07 Å². The second kappa shape index (κ2) is 5.97. The minimum Gasteiger partial charge on any atom is -0.459 e. The lowest BCUT2D eigenvalue weighted by molar-refractivity contribution is -0.145. The molecule has 3 aromatic rings. The number of cyclic esters (lactones) is 1. The summed E-state index contributed by atoms with van der Waals surface area (Å²) in [5, 5.41) is 1.77. The van der Waals surface area contributed by atoms with E-state index in [4.69, 9.17) is 13.9 Å². The van der Waals surface area contributed by atoms with Crippen LogP contribution in [0.5, 0.6) is 5.75 Å². The molecule has 0 radical (unpaired) electrons. The van der Waals surface area contributed by atoms with Gasteiger partial charge in [-0.1, -0.05) is 12.1 Å². The molecule has 0 atom stereocenters.